The van der Waals surface area contributed by atoms with Gasteiger partial charge in [0.1, 0.15) is 5.75 Å². The first-order valence-corrected chi connectivity index (χ1v) is 8.45. The molecule has 2 aromatic rings. The van der Waals surface area contributed by atoms with E-state index < -0.39 is 0 Å². The van der Waals surface area contributed by atoms with E-state index in [-0.39, 0.29) is 0 Å². The van der Waals surface area contributed by atoms with Crippen molar-refractivity contribution in [1.82, 2.24) is 5.32 Å². The van der Waals surface area contributed by atoms with Crippen molar-refractivity contribution in [2.75, 3.05) is 7.11 Å². The summed E-state index contributed by atoms with van der Waals surface area (Å²) in [5.74, 6) is 0.901. The lowest BCUT2D eigenvalue weighted by atomic mass is 10.0. The highest BCUT2D eigenvalue weighted by Crippen LogP contribution is 2.31. The highest BCUT2D eigenvalue weighted by Gasteiger charge is 2.16. The summed E-state index contributed by atoms with van der Waals surface area (Å²) in [5, 5.41) is 5.82. The maximum Gasteiger partial charge on any atom is 0.118 e. The molecule has 0 aliphatic rings. The third-order valence-corrected chi connectivity index (χ3v) is 5.47. The Morgan fingerprint density at radius 3 is 2.45 bits per heavy atom. The molecule has 1 N–H and O–H groups in total. The molecule has 0 radical (unpaired) electrons. The predicted octanol–water partition coefficient (Wildman–Crippen LogP) is 5.32. The van der Waals surface area contributed by atoms with E-state index in [2.05, 4.69) is 58.7 Å². The normalized spacial score (nSPS) is 14.0. The van der Waals surface area contributed by atoms with Gasteiger partial charge in [-0.2, -0.15) is 0 Å². The molecular formula is C16H20BrNOS. The van der Waals surface area contributed by atoms with Crippen molar-refractivity contribution < 1.29 is 4.74 Å². The van der Waals surface area contributed by atoms with Gasteiger partial charge < -0.3 is 10.1 Å². The molecule has 108 valence electrons. The molecule has 0 aliphatic heterocycles. The average Bonchev–Trinajstić information content (AvgIpc) is 2.91. The van der Waals surface area contributed by atoms with Gasteiger partial charge >= 0.3 is 0 Å². The Morgan fingerprint density at radius 2 is 1.95 bits per heavy atom. The van der Waals surface area contributed by atoms with Gasteiger partial charge in [-0.3, -0.25) is 0 Å². The number of thiophene rings is 1. The molecule has 0 aliphatic carbocycles. The van der Waals surface area contributed by atoms with Crippen LogP contribution in [0.4, 0.5) is 0 Å². The molecular weight excluding hydrogens is 334 g/mol. The van der Waals surface area contributed by atoms with E-state index in [0.29, 0.717) is 12.1 Å². The number of nitrogens with one attached hydrogen (secondary N) is 1. The number of hydrogen-bond acceptors (Lipinski definition) is 3. The zero-order chi connectivity index (χ0) is 14.5. The molecule has 2 rings (SSSR count). The maximum absolute atomic E-state index is 5.21. The van der Waals surface area contributed by atoms with Crippen LogP contribution in [0.5, 0.6) is 5.75 Å². The molecule has 0 spiro atoms. The van der Waals surface area contributed by atoms with Crippen molar-refractivity contribution in [2.24, 2.45) is 0 Å². The molecule has 20 heavy (non-hydrogen) atoms. The van der Waals surface area contributed by atoms with Gasteiger partial charge in [-0.1, -0.05) is 19.1 Å². The van der Waals surface area contributed by atoms with E-state index in [9.17, 15) is 0 Å². The zero-order valence-electron chi connectivity index (χ0n) is 12.0. The zero-order valence-corrected chi connectivity index (χ0v) is 14.4. The smallest absolute Gasteiger partial charge is 0.118 e. The van der Waals surface area contributed by atoms with Crippen LogP contribution in [-0.4, -0.2) is 7.11 Å². The molecule has 0 saturated heterocycles. The first-order chi connectivity index (χ1) is 9.65. The molecule has 0 saturated carbocycles. The average molecular weight is 354 g/mol. The van der Waals surface area contributed by atoms with Gasteiger partial charge in [0.2, 0.25) is 0 Å². The fraction of sp³-hybridized carbons (Fsp3) is 0.375. The topological polar surface area (TPSA) is 21.3 Å². The minimum atomic E-state index is 0.330. The van der Waals surface area contributed by atoms with Crippen molar-refractivity contribution in [2.45, 2.75) is 32.4 Å². The number of hydrogen-bond donors (Lipinski definition) is 1. The second-order valence-electron chi connectivity index (χ2n) is 4.76. The molecule has 0 fully saturated rings. The summed E-state index contributed by atoms with van der Waals surface area (Å²) in [4.78, 5) is 1.34. The Kier molecular flexibility index (Phi) is 5.64. The van der Waals surface area contributed by atoms with E-state index >= 15 is 0 Å². The molecule has 2 atom stereocenters. The van der Waals surface area contributed by atoms with Crippen molar-refractivity contribution in [1.29, 1.82) is 0 Å². The summed E-state index contributed by atoms with van der Waals surface area (Å²) in [5.41, 5.74) is 1.30. The Bertz CT molecular complexity index is 538. The second kappa shape index (κ2) is 7.25. The Hall–Kier alpha value is -0.840. The van der Waals surface area contributed by atoms with Gasteiger partial charge in [0.15, 0.2) is 0 Å². The van der Waals surface area contributed by atoms with E-state index in [1.54, 1.807) is 18.4 Å². The maximum atomic E-state index is 5.21. The summed E-state index contributed by atoms with van der Waals surface area (Å²) in [6.07, 6.45) is 1.06. The van der Waals surface area contributed by atoms with Crippen molar-refractivity contribution in [3.05, 3.63) is 50.6 Å². The molecule has 1 heterocycles. The van der Waals surface area contributed by atoms with Crippen LogP contribution in [0, 0.1) is 0 Å². The summed E-state index contributed by atoms with van der Waals surface area (Å²) in [6.45, 7) is 4.42. The SMILES string of the molecule is CCC(NC(C)c1sccc1Br)c1ccc(OC)cc1. The molecule has 0 amide bonds. The quantitative estimate of drug-likeness (QED) is 0.758. The van der Waals surface area contributed by atoms with Gasteiger partial charge in [-0.25, -0.2) is 0 Å². The van der Waals surface area contributed by atoms with Crippen LogP contribution >= 0.6 is 27.3 Å². The number of benzene rings is 1. The largest absolute Gasteiger partial charge is 0.497 e. The lowest BCUT2D eigenvalue weighted by molar-refractivity contribution is 0.413. The monoisotopic (exact) mass is 353 g/mol. The molecule has 0 bridgehead atoms. The van der Waals surface area contributed by atoms with E-state index in [0.717, 1.165) is 12.2 Å². The number of ether oxygens (including phenoxy) is 1. The molecule has 4 heteroatoms. The number of halogens is 1. The van der Waals surface area contributed by atoms with Crippen LogP contribution in [0.1, 0.15) is 42.8 Å². The minimum Gasteiger partial charge on any atom is -0.497 e. The summed E-state index contributed by atoms with van der Waals surface area (Å²) < 4.78 is 6.40. The van der Waals surface area contributed by atoms with Crippen LogP contribution in [0.3, 0.4) is 0 Å². The van der Waals surface area contributed by atoms with Crippen LogP contribution in [0.2, 0.25) is 0 Å². The summed E-state index contributed by atoms with van der Waals surface area (Å²) >= 11 is 5.39. The molecule has 2 nitrogen and oxygen atoms in total. The number of methoxy groups -OCH3 is 1. The van der Waals surface area contributed by atoms with Crippen LogP contribution < -0.4 is 10.1 Å². The lowest BCUT2D eigenvalue weighted by Gasteiger charge is -2.22. The highest BCUT2D eigenvalue weighted by molar-refractivity contribution is 9.10. The van der Waals surface area contributed by atoms with E-state index in [1.807, 2.05) is 12.1 Å². The third kappa shape index (κ3) is 3.62. The van der Waals surface area contributed by atoms with Gasteiger partial charge in [0, 0.05) is 21.4 Å². The fourth-order valence-electron chi connectivity index (χ4n) is 2.28. The minimum absolute atomic E-state index is 0.330. The Morgan fingerprint density at radius 1 is 1.25 bits per heavy atom. The molecule has 2 unspecified atom stereocenters. The van der Waals surface area contributed by atoms with Crippen LogP contribution in [0.15, 0.2) is 40.2 Å². The highest BCUT2D eigenvalue weighted by atomic mass is 79.9. The lowest BCUT2D eigenvalue weighted by Crippen LogP contribution is -2.23. The van der Waals surface area contributed by atoms with Crippen molar-refractivity contribution in [3.63, 3.8) is 0 Å². The predicted molar refractivity (Wildman–Crippen MR) is 89.6 cm³/mol. The summed E-state index contributed by atoms with van der Waals surface area (Å²) in [7, 11) is 1.70. The van der Waals surface area contributed by atoms with Crippen LogP contribution in [-0.2, 0) is 0 Å². The van der Waals surface area contributed by atoms with E-state index in [1.165, 1.54) is 14.9 Å². The standard InChI is InChI=1S/C16H20BrNOS/c1-4-15(12-5-7-13(19-3)8-6-12)18-11(2)16-14(17)9-10-20-16/h5-11,15,18H,4H2,1-3H3. The van der Waals surface area contributed by atoms with Gasteiger partial charge in [0.25, 0.3) is 0 Å². The van der Waals surface area contributed by atoms with Crippen LogP contribution in [0.25, 0.3) is 0 Å². The first-order valence-electron chi connectivity index (χ1n) is 6.78. The molecule has 1 aromatic carbocycles. The van der Waals surface area contributed by atoms with Gasteiger partial charge in [0.05, 0.1) is 7.11 Å². The van der Waals surface area contributed by atoms with Gasteiger partial charge in [-0.05, 0) is 58.4 Å². The number of rotatable bonds is 6. The third-order valence-electron chi connectivity index (χ3n) is 3.42. The Labute approximate surface area is 133 Å². The summed E-state index contributed by atoms with van der Waals surface area (Å²) in [6, 6.07) is 11.1. The van der Waals surface area contributed by atoms with Crippen molar-refractivity contribution in [3.8, 4) is 5.75 Å². The van der Waals surface area contributed by atoms with E-state index in [4.69, 9.17) is 4.74 Å². The first kappa shape index (κ1) is 15.5. The van der Waals surface area contributed by atoms with Crippen molar-refractivity contribution >= 4 is 27.3 Å². The Balaban J connectivity index is 2.10. The molecule has 1 aromatic heterocycles. The van der Waals surface area contributed by atoms with Gasteiger partial charge in [-0.15, -0.1) is 11.3 Å². The second-order valence-corrected chi connectivity index (χ2v) is 6.56. The fourth-order valence-corrected chi connectivity index (χ4v) is 4.01.